The molecule has 2 heterocycles. The minimum absolute atomic E-state index is 0.0599. The van der Waals surface area contributed by atoms with E-state index in [4.69, 9.17) is 21.9 Å². The highest BCUT2D eigenvalue weighted by molar-refractivity contribution is 6.33. The van der Waals surface area contributed by atoms with Crippen LogP contribution in [0.4, 0.5) is 10.3 Å². The van der Waals surface area contributed by atoms with E-state index in [9.17, 15) is 9.18 Å². The first kappa shape index (κ1) is 13.4. The van der Waals surface area contributed by atoms with Gasteiger partial charge in [-0.05, 0) is 24.3 Å². The summed E-state index contributed by atoms with van der Waals surface area (Å²) in [4.78, 5) is 13.7. The highest BCUT2D eigenvalue weighted by Crippen LogP contribution is 2.39. The zero-order chi connectivity index (χ0) is 15.0. The van der Waals surface area contributed by atoms with Gasteiger partial charge >= 0.3 is 0 Å². The smallest absolute Gasteiger partial charge is 0.247 e. The summed E-state index contributed by atoms with van der Waals surface area (Å²) in [7, 11) is 0. The van der Waals surface area contributed by atoms with Crippen molar-refractivity contribution in [3.8, 4) is 22.4 Å². The van der Waals surface area contributed by atoms with Crippen molar-refractivity contribution >= 4 is 17.5 Å². The van der Waals surface area contributed by atoms with E-state index in [-0.39, 0.29) is 16.5 Å². The summed E-state index contributed by atoms with van der Waals surface area (Å²) < 4.78 is 18.2. The summed E-state index contributed by atoms with van der Waals surface area (Å²) in [5.74, 6) is -0.394. The molecule has 0 aliphatic carbocycles. The summed E-state index contributed by atoms with van der Waals surface area (Å²) in [6, 6.07) is 6.88. The second kappa shape index (κ2) is 5.06. The fraction of sp³-hybridized carbons (Fsp3) is 0. The van der Waals surface area contributed by atoms with Crippen molar-refractivity contribution in [2.24, 2.45) is 0 Å². The van der Waals surface area contributed by atoms with E-state index in [2.05, 4.69) is 10.1 Å². The molecule has 0 bridgehead atoms. The number of hydrogen-bond donors (Lipinski definition) is 2. The lowest BCUT2D eigenvalue weighted by Crippen LogP contribution is -2.01. The minimum atomic E-state index is -0.454. The molecule has 2 aromatic heterocycles. The van der Waals surface area contributed by atoms with Crippen molar-refractivity contribution in [2.45, 2.75) is 0 Å². The highest BCUT2D eigenvalue weighted by atomic mass is 35.5. The molecule has 0 amide bonds. The molecular formula is C14H9ClFN3O2. The van der Waals surface area contributed by atoms with Crippen molar-refractivity contribution < 1.29 is 8.91 Å². The Morgan fingerprint density at radius 2 is 2.10 bits per heavy atom. The molecule has 0 saturated carbocycles. The van der Waals surface area contributed by atoms with Crippen LogP contribution in [0.2, 0.25) is 5.02 Å². The molecular weight excluding hydrogens is 297 g/mol. The number of pyridine rings is 1. The highest BCUT2D eigenvalue weighted by Gasteiger charge is 2.20. The number of H-pyrrole nitrogens is 1. The largest absolute Gasteiger partial charge is 0.367 e. The average molecular weight is 306 g/mol. The number of aromatic nitrogens is 2. The molecule has 3 aromatic rings. The van der Waals surface area contributed by atoms with Crippen molar-refractivity contribution in [1.29, 1.82) is 0 Å². The number of benzene rings is 1. The van der Waals surface area contributed by atoms with E-state index in [0.717, 1.165) is 0 Å². The molecule has 0 aliphatic heterocycles. The lowest BCUT2D eigenvalue weighted by molar-refractivity contribution is 0.439. The van der Waals surface area contributed by atoms with Gasteiger partial charge in [0.25, 0.3) is 0 Å². The summed E-state index contributed by atoms with van der Waals surface area (Å²) in [6.07, 6.45) is 1.49. The van der Waals surface area contributed by atoms with Gasteiger partial charge in [0.1, 0.15) is 11.5 Å². The summed E-state index contributed by atoms with van der Waals surface area (Å²) in [5, 5.41) is 4.07. The van der Waals surface area contributed by atoms with Crippen LogP contribution in [0.25, 0.3) is 22.4 Å². The van der Waals surface area contributed by atoms with Crippen LogP contribution < -0.4 is 11.3 Å². The second-order valence-electron chi connectivity index (χ2n) is 4.34. The average Bonchev–Trinajstić information content (AvgIpc) is 2.82. The third-order valence-electron chi connectivity index (χ3n) is 2.98. The Morgan fingerprint density at radius 3 is 2.76 bits per heavy atom. The van der Waals surface area contributed by atoms with E-state index in [1.165, 1.54) is 30.5 Å². The third kappa shape index (κ3) is 2.41. The molecule has 21 heavy (non-hydrogen) atoms. The molecule has 0 fully saturated rings. The van der Waals surface area contributed by atoms with Gasteiger partial charge in [0.15, 0.2) is 0 Å². The van der Waals surface area contributed by atoms with Crippen LogP contribution in [0.5, 0.6) is 0 Å². The van der Waals surface area contributed by atoms with Gasteiger partial charge in [-0.3, -0.25) is 4.79 Å². The number of rotatable bonds is 2. The second-order valence-corrected chi connectivity index (χ2v) is 4.74. The maximum Gasteiger partial charge on any atom is 0.247 e. The first-order chi connectivity index (χ1) is 10.1. The van der Waals surface area contributed by atoms with Gasteiger partial charge in [0.05, 0.1) is 10.6 Å². The van der Waals surface area contributed by atoms with Crippen LogP contribution in [0.1, 0.15) is 0 Å². The maximum atomic E-state index is 13.2. The van der Waals surface area contributed by atoms with Gasteiger partial charge in [0.2, 0.25) is 11.4 Å². The van der Waals surface area contributed by atoms with E-state index in [0.29, 0.717) is 22.4 Å². The van der Waals surface area contributed by atoms with Crippen molar-refractivity contribution in [3.63, 3.8) is 0 Å². The molecule has 3 N–H and O–H groups in total. The number of nitrogen functional groups attached to an aromatic ring is 1. The quantitative estimate of drug-likeness (QED) is 0.762. The van der Waals surface area contributed by atoms with Crippen molar-refractivity contribution in [3.05, 3.63) is 57.7 Å². The first-order valence-corrected chi connectivity index (χ1v) is 6.34. The van der Waals surface area contributed by atoms with Gasteiger partial charge in [0, 0.05) is 23.4 Å². The number of halogens is 2. The zero-order valence-corrected chi connectivity index (χ0v) is 11.3. The van der Waals surface area contributed by atoms with Gasteiger partial charge < -0.3 is 15.2 Å². The Kier molecular flexibility index (Phi) is 3.23. The van der Waals surface area contributed by atoms with Crippen molar-refractivity contribution in [1.82, 2.24) is 10.1 Å². The van der Waals surface area contributed by atoms with Gasteiger partial charge in [-0.15, -0.1) is 0 Å². The summed E-state index contributed by atoms with van der Waals surface area (Å²) in [5.41, 5.74) is 7.52. The van der Waals surface area contributed by atoms with Gasteiger partial charge in [-0.25, -0.2) is 4.39 Å². The fourth-order valence-electron chi connectivity index (χ4n) is 2.01. The Hall–Kier alpha value is -2.60. The molecule has 0 atom stereocenters. The van der Waals surface area contributed by atoms with Crippen LogP contribution in [0, 0.1) is 5.82 Å². The predicted octanol–water partition coefficient (Wildman–Crippen LogP) is 3.07. The molecule has 0 saturated heterocycles. The van der Waals surface area contributed by atoms with Crippen molar-refractivity contribution in [2.75, 3.05) is 5.73 Å². The number of nitrogens with one attached hydrogen (secondary N) is 1. The number of aromatic amines is 1. The number of nitrogens with zero attached hydrogens (tertiary/aromatic N) is 1. The topological polar surface area (TPSA) is 84.9 Å². The monoisotopic (exact) mass is 305 g/mol. The standard InChI is InChI=1S/C14H9ClFN3O2/c15-10-5-8(16)2-3-9(10)12-13(19-21-14(12)17)7-1-4-11(20)18-6-7/h1-6H,17H2,(H,18,20). The molecule has 3 rings (SSSR count). The van der Waals surface area contributed by atoms with Gasteiger partial charge in [-0.1, -0.05) is 16.8 Å². The van der Waals surface area contributed by atoms with Gasteiger partial charge in [-0.2, -0.15) is 0 Å². The Labute approximate surface area is 123 Å². The SMILES string of the molecule is Nc1onc(-c2ccc(=O)[nH]c2)c1-c1ccc(F)cc1Cl. The van der Waals surface area contributed by atoms with Crippen LogP contribution in [-0.2, 0) is 0 Å². The molecule has 0 radical (unpaired) electrons. The molecule has 0 spiro atoms. The molecule has 5 nitrogen and oxygen atoms in total. The first-order valence-electron chi connectivity index (χ1n) is 5.96. The minimum Gasteiger partial charge on any atom is -0.367 e. The Balaban J connectivity index is 2.21. The van der Waals surface area contributed by atoms with E-state index >= 15 is 0 Å². The number of anilines is 1. The lowest BCUT2D eigenvalue weighted by atomic mass is 10.0. The van der Waals surface area contributed by atoms with Crippen LogP contribution in [0.3, 0.4) is 0 Å². The predicted molar refractivity (Wildman–Crippen MR) is 77.4 cm³/mol. The summed E-state index contributed by atoms with van der Waals surface area (Å²) in [6.45, 7) is 0. The molecule has 0 aliphatic rings. The fourth-order valence-corrected chi connectivity index (χ4v) is 2.27. The molecule has 106 valence electrons. The van der Waals surface area contributed by atoms with Crippen LogP contribution in [-0.4, -0.2) is 10.1 Å². The maximum absolute atomic E-state index is 13.2. The summed E-state index contributed by atoms with van der Waals surface area (Å²) >= 11 is 6.05. The number of hydrogen-bond acceptors (Lipinski definition) is 4. The Morgan fingerprint density at radius 1 is 1.29 bits per heavy atom. The zero-order valence-electron chi connectivity index (χ0n) is 10.6. The van der Waals surface area contributed by atoms with Crippen LogP contribution >= 0.6 is 11.6 Å². The Bertz CT molecular complexity index is 852. The molecule has 0 unspecified atom stereocenters. The lowest BCUT2D eigenvalue weighted by Gasteiger charge is -2.05. The van der Waals surface area contributed by atoms with E-state index in [1.54, 1.807) is 6.07 Å². The number of nitrogens with two attached hydrogens (primary N) is 1. The third-order valence-corrected chi connectivity index (χ3v) is 3.29. The van der Waals surface area contributed by atoms with Crippen LogP contribution in [0.15, 0.2) is 45.8 Å². The molecule has 7 heteroatoms. The normalized spacial score (nSPS) is 10.8. The van der Waals surface area contributed by atoms with E-state index in [1.807, 2.05) is 0 Å². The van der Waals surface area contributed by atoms with E-state index < -0.39 is 5.82 Å². The molecule has 1 aromatic carbocycles.